The number of nitrogens with zero attached hydrogens (tertiary/aromatic N) is 3. The van der Waals surface area contributed by atoms with Gasteiger partial charge in [0.05, 0.1) is 0 Å². The Morgan fingerprint density at radius 1 is 1.39 bits per heavy atom. The van der Waals surface area contributed by atoms with E-state index in [2.05, 4.69) is 10.2 Å². The van der Waals surface area contributed by atoms with Gasteiger partial charge in [-0.15, -0.1) is 21.5 Å². The molecular weight excluding hydrogens is 330 g/mol. The van der Waals surface area contributed by atoms with Gasteiger partial charge in [-0.1, -0.05) is 11.8 Å². The zero-order valence-electron chi connectivity index (χ0n) is 13.0. The van der Waals surface area contributed by atoms with Crippen molar-refractivity contribution in [2.45, 2.75) is 61.8 Å². The third kappa shape index (κ3) is 2.80. The van der Waals surface area contributed by atoms with Crippen molar-refractivity contribution in [3.63, 3.8) is 0 Å². The highest BCUT2D eigenvalue weighted by Gasteiger charge is 2.32. The second kappa shape index (κ2) is 5.94. The zero-order valence-corrected chi connectivity index (χ0v) is 14.6. The van der Waals surface area contributed by atoms with Crippen LogP contribution in [0.1, 0.15) is 54.5 Å². The van der Waals surface area contributed by atoms with Crippen molar-refractivity contribution in [2.75, 3.05) is 0 Å². The summed E-state index contributed by atoms with van der Waals surface area (Å²) in [5, 5.41) is 18.7. The van der Waals surface area contributed by atoms with Crippen LogP contribution in [0.3, 0.4) is 0 Å². The van der Waals surface area contributed by atoms with Crippen LogP contribution in [0, 0.1) is 0 Å². The minimum absolute atomic E-state index is 0.531. The molecule has 1 unspecified atom stereocenters. The zero-order chi connectivity index (χ0) is 16.0. The lowest BCUT2D eigenvalue weighted by Crippen LogP contribution is -2.12. The first kappa shape index (κ1) is 15.2. The molecule has 0 aliphatic heterocycles. The number of thiophene rings is 1. The Labute approximate surface area is 143 Å². The molecule has 2 aliphatic carbocycles. The number of fused-ring (bicyclic) bond motifs is 1. The largest absolute Gasteiger partial charge is 0.480 e. The smallest absolute Gasteiger partial charge is 0.316 e. The second-order valence-electron chi connectivity index (χ2n) is 6.29. The van der Waals surface area contributed by atoms with E-state index in [4.69, 9.17) is 5.11 Å². The highest BCUT2D eigenvalue weighted by atomic mass is 32.2. The first-order valence-corrected chi connectivity index (χ1v) is 9.79. The molecule has 0 bridgehead atoms. The molecule has 0 amide bonds. The molecule has 1 saturated carbocycles. The monoisotopic (exact) mass is 349 g/mol. The number of carboxylic acids is 1. The van der Waals surface area contributed by atoms with Gasteiger partial charge in [-0.05, 0) is 62.5 Å². The van der Waals surface area contributed by atoms with Gasteiger partial charge in [0.15, 0.2) is 5.16 Å². The maximum absolute atomic E-state index is 11.1. The molecule has 2 heterocycles. The van der Waals surface area contributed by atoms with Gasteiger partial charge in [0.2, 0.25) is 0 Å². The van der Waals surface area contributed by atoms with E-state index in [9.17, 15) is 4.79 Å². The standard InChI is InChI=1S/C16H19N3O2S2/c1-9(15(20)21)22-16-18-17-8-19(16)14-12-5-3-2-4-11(12)13(23-14)10-6-7-10/h8-10H,2-7H2,1H3,(H,20,21). The first-order chi connectivity index (χ1) is 11.1. The van der Waals surface area contributed by atoms with Crippen LogP contribution in [0.15, 0.2) is 11.5 Å². The molecule has 2 aromatic heterocycles. The van der Waals surface area contributed by atoms with Gasteiger partial charge in [0.1, 0.15) is 16.6 Å². The summed E-state index contributed by atoms with van der Waals surface area (Å²) in [6.45, 7) is 1.69. The minimum Gasteiger partial charge on any atom is -0.480 e. The van der Waals surface area contributed by atoms with Gasteiger partial charge < -0.3 is 5.11 Å². The maximum Gasteiger partial charge on any atom is 0.316 e. The molecule has 0 aromatic carbocycles. The van der Waals surface area contributed by atoms with Gasteiger partial charge in [-0.3, -0.25) is 9.36 Å². The number of carbonyl (C=O) groups is 1. The first-order valence-electron chi connectivity index (χ1n) is 8.09. The molecular formula is C16H19N3O2S2. The fourth-order valence-corrected chi connectivity index (χ4v) is 5.52. The Balaban J connectivity index is 1.74. The van der Waals surface area contributed by atoms with Gasteiger partial charge in [-0.2, -0.15) is 0 Å². The quantitative estimate of drug-likeness (QED) is 0.835. The fourth-order valence-electron chi connectivity index (χ4n) is 3.16. The Bertz CT molecular complexity index is 749. The van der Waals surface area contributed by atoms with E-state index in [-0.39, 0.29) is 0 Å². The molecule has 7 heteroatoms. The number of rotatable bonds is 5. The number of aromatic nitrogens is 3. The average molecular weight is 349 g/mol. The van der Waals surface area contributed by atoms with E-state index >= 15 is 0 Å². The van der Waals surface area contributed by atoms with E-state index in [1.165, 1.54) is 54.4 Å². The summed E-state index contributed by atoms with van der Waals surface area (Å²) in [6.07, 6.45) is 9.17. The number of carboxylic acid groups (broad SMARTS) is 1. The summed E-state index contributed by atoms with van der Waals surface area (Å²) in [6, 6.07) is 0. The SMILES string of the molecule is CC(Sc1nncn1-c1sc(C2CC2)c2c1CCCC2)C(=O)O. The number of aliphatic carboxylic acids is 1. The van der Waals surface area contributed by atoms with Crippen molar-refractivity contribution in [1.29, 1.82) is 0 Å². The average Bonchev–Trinajstić information content (AvgIpc) is 3.17. The van der Waals surface area contributed by atoms with E-state index < -0.39 is 11.2 Å². The number of thioether (sulfide) groups is 1. The van der Waals surface area contributed by atoms with E-state index in [0.29, 0.717) is 5.16 Å². The summed E-state index contributed by atoms with van der Waals surface area (Å²) >= 11 is 3.14. The molecule has 23 heavy (non-hydrogen) atoms. The van der Waals surface area contributed by atoms with Crippen LogP contribution in [0.25, 0.3) is 5.00 Å². The molecule has 5 nitrogen and oxygen atoms in total. The normalized spacial score (nSPS) is 18.7. The van der Waals surface area contributed by atoms with Crippen molar-refractivity contribution >= 4 is 29.1 Å². The molecule has 1 fully saturated rings. The molecule has 4 rings (SSSR count). The number of hydrogen-bond donors (Lipinski definition) is 1. The van der Waals surface area contributed by atoms with Crippen LogP contribution in [-0.4, -0.2) is 31.1 Å². The van der Waals surface area contributed by atoms with Crippen molar-refractivity contribution < 1.29 is 9.90 Å². The fraction of sp³-hybridized carbons (Fsp3) is 0.562. The van der Waals surface area contributed by atoms with Crippen molar-refractivity contribution in [3.8, 4) is 5.00 Å². The minimum atomic E-state index is -0.823. The molecule has 1 N–H and O–H groups in total. The van der Waals surface area contributed by atoms with Crippen LogP contribution >= 0.6 is 23.1 Å². The molecule has 2 aliphatic rings. The van der Waals surface area contributed by atoms with Crippen molar-refractivity contribution in [1.82, 2.24) is 14.8 Å². The van der Waals surface area contributed by atoms with Crippen LogP contribution in [-0.2, 0) is 17.6 Å². The summed E-state index contributed by atoms with van der Waals surface area (Å²) < 4.78 is 2.00. The predicted molar refractivity (Wildman–Crippen MR) is 90.8 cm³/mol. The van der Waals surface area contributed by atoms with Crippen LogP contribution in [0.5, 0.6) is 0 Å². The van der Waals surface area contributed by atoms with E-state index in [0.717, 1.165) is 12.3 Å². The predicted octanol–water partition coefficient (Wildman–Crippen LogP) is 3.65. The van der Waals surface area contributed by atoms with E-state index in [1.807, 2.05) is 15.9 Å². The summed E-state index contributed by atoms with van der Waals surface area (Å²) in [5.41, 5.74) is 3.02. The maximum atomic E-state index is 11.1. The number of hydrogen-bond acceptors (Lipinski definition) is 5. The highest BCUT2D eigenvalue weighted by Crippen LogP contribution is 2.50. The Hall–Kier alpha value is -1.34. The molecule has 122 valence electrons. The lowest BCUT2D eigenvalue weighted by atomic mass is 9.92. The highest BCUT2D eigenvalue weighted by molar-refractivity contribution is 8.00. The molecule has 0 saturated heterocycles. The van der Waals surface area contributed by atoms with Gasteiger partial charge in [0.25, 0.3) is 0 Å². The van der Waals surface area contributed by atoms with Crippen molar-refractivity contribution in [3.05, 3.63) is 22.3 Å². The molecule has 1 atom stereocenters. The lowest BCUT2D eigenvalue weighted by molar-refractivity contribution is -0.136. The van der Waals surface area contributed by atoms with Gasteiger partial charge in [0, 0.05) is 4.88 Å². The Kier molecular flexibility index (Phi) is 3.93. The van der Waals surface area contributed by atoms with Gasteiger partial charge >= 0.3 is 5.97 Å². The van der Waals surface area contributed by atoms with Gasteiger partial charge in [-0.25, -0.2) is 0 Å². The molecule has 0 radical (unpaired) electrons. The second-order valence-corrected chi connectivity index (χ2v) is 8.63. The Morgan fingerprint density at radius 3 is 2.83 bits per heavy atom. The third-order valence-electron chi connectivity index (χ3n) is 4.54. The Morgan fingerprint density at radius 2 is 2.13 bits per heavy atom. The topological polar surface area (TPSA) is 68.0 Å². The third-order valence-corrected chi connectivity index (χ3v) is 7.02. The summed E-state index contributed by atoms with van der Waals surface area (Å²) in [7, 11) is 0. The summed E-state index contributed by atoms with van der Waals surface area (Å²) in [5.74, 6) is -0.0671. The molecule has 0 spiro atoms. The van der Waals surface area contributed by atoms with E-state index in [1.54, 1.807) is 23.7 Å². The summed E-state index contributed by atoms with van der Waals surface area (Å²) in [4.78, 5) is 12.7. The van der Waals surface area contributed by atoms with Crippen LogP contribution in [0.4, 0.5) is 0 Å². The lowest BCUT2D eigenvalue weighted by Gasteiger charge is -2.15. The van der Waals surface area contributed by atoms with Crippen molar-refractivity contribution in [2.24, 2.45) is 0 Å². The van der Waals surface area contributed by atoms with Crippen LogP contribution in [0.2, 0.25) is 0 Å². The van der Waals surface area contributed by atoms with Crippen LogP contribution < -0.4 is 0 Å². The molecule has 2 aromatic rings.